The summed E-state index contributed by atoms with van der Waals surface area (Å²) in [5.74, 6) is -0.129. The number of benzene rings is 2. The van der Waals surface area contributed by atoms with Gasteiger partial charge in [-0.25, -0.2) is 0 Å². The standard InChI is InChI=1S/C19H21N3O2.ClH/c1-14-13-20-11-12-22(14)19(24)16-7-9-17(10-8-16)21-18(23)15-5-3-2-4-6-15;/h2-10,14,20H,11-13H2,1H3,(H,21,23);1H/t14-;/m0./s1. The number of piperazine rings is 1. The van der Waals surface area contributed by atoms with Gasteiger partial charge in [-0.1, -0.05) is 18.2 Å². The van der Waals surface area contributed by atoms with Crippen LogP contribution in [0.25, 0.3) is 0 Å². The Morgan fingerprint density at radius 1 is 1.04 bits per heavy atom. The number of rotatable bonds is 3. The minimum absolute atomic E-state index is 0. The zero-order valence-corrected chi connectivity index (χ0v) is 14.9. The molecule has 2 aromatic rings. The van der Waals surface area contributed by atoms with Crippen molar-refractivity contribution < 1.29 is 9.59 Å². The predicted molar refractivity (Wildman–Crippen MR) is 101 cm³/mol. The second-order valence-corrected chi connectivity index (χ2v) is 5.95. The lowest BCUT2D eigenvalue weighted by Gasteiger charge is -2.34. The van der Waals surface area contributed by atoms with Crippen LogP contribution in [0.15, 0.2) is 54.6 Å². The Kier molecular flexibility index (Phi) is 6.56. The molecule has 0 saturated carbocycles. The zero-order chi connectivity index (χ0) is 16.9. The van der Waals surface area contributed by atoms with Crippen molar-refractivity contribution in [1.29, 1.82) is 0 Å². The molecule has 0 bridgehead atoms. The lowest BCUT2D eigenvalue weighted by Crippen LogP contribution is -2.52. The maximum Gasteiger partial charge on any atom is 0.255 e. The molecular weight excluding hydrogens is 338 g/mol. The van der Waals surface area contributed by atoms with E-state index in [-0.39, 0.29) is 30.3 Å². The third-order valence-electron chi connectivity index (χ3n) is 4.19. The van der Waals surface area contributed by atoms with Crippen LogP contribution >= 0.6 is 12.4 Å². The molecule has 1 saturated heterocycles. The van der Waals surface area contributed by atoms with Crippen molar-refractivity contribution in [1.82, 2.24) is 10.2 Å². The summed E-state index contributed by atoms with van der Waals surface area (Å²) in [7, 11) is 0. The van der Waals surface area contributed by atoms with Crippen LogP contribution in [0.1, 0.15) is 27.6 Å². The van der Waals surface area contributed by atoms with Gasteiger partial charge in [-0.2, -0.15) is 0 Å². The van der Waals surface area contributed by atoms with Crippen LogP contribution < -0.4 is 10.6 Å². The van der Waals surface area contributed by atoms with Gasteiger partial charge in [0.2, 0.25) is 0 Å². The van der Waals surface area contributed by atoms with Gasteiger partial charge >= 0.3 is 0 Å². The smallest absolute Gasteiger partial charge is 0.255 e. The van der Waals surface area contributed by atoms with Gasteiger partial charge in [0.05, 0.1) is 0 Å². The average Bonchev–Trinajstić information content (AvgIpc) is 2.63. The molecule has 5 nitrogen and oxygen atoms in total. The summed E-state index contributed by atoms with van der Waals surface area (Å²) in [4.78, 5) is 26.6. The fourth-order valence-corrected chi connectivity index (χ4v) is 2.80. The lowest BCUT2D eigenvalue weighted by molar-refractivity contribution is 0.0655. The summed E-state index contributed by atoms with van der Waals surface area (Å²) in [5.41, 5.74) is 1.92. The fraction of sp³-hybridized carbons (Fsp3) is 0.263. The minimum Gasteiger partial charge on any atom is -0.333 e. The largest absolute Gasteiger partial charge is 0.333 e. The summed E-state index contributed by atoms with van der Waals surface area (Å²) in [5, 5.41) is 6.11. The van der Waals surface area contributed by atoms with E-state index in [9.17, 15) is 9.59 Å². The molecule has 1 aliphatic rings. The van der Waals surface area contributed by atoms with Gasteiger partial charge in [0, 0.05) is 42.5 Å². The van der Waals surface area contributed by atoms with Crippen molar-refractivity contribution in [3.63, 3.8) is 0 Å². The molecule has 1 aliphatic heterocycles. The molecule has 0 aliphatic carbocycles. The number of carbonyl (C=O) groups is 2. The molecule has 6 heteroatoms. The van der Waals surface area contributed by atoms with Gasteiger partial charge < -0.3 is 15.5 Å². The van der Waals surface area contributed by atoms with Crippen LogP contribution in [0, 0.1) is 0 Å². The van der Waals surface area contributed by atoms with Crippen molar-refractivity contribution in [3.8, 4) is 0 Å². The van der Waals surface area contributed by atoms with Gasteiger partial charge in [0.25, 0.3) is 11.8 Å². The normalized spacial score (nSPS) is 16.7. The van der Waals surface area contributed by atoms with Crippen LogP contribution in [0.5, 0.6) is 0 Å². The molecule has 0 unspecified atom stereocenters. The number of nitrogens with zero attached hydrogens (tertiary/aromatic N) is 1. The summed E-state index contributed by atoms with van der Waals surface area (Å²) in [6, 6.07) is 16.3. The lowest BCUT2D eigenvalue weighted by atomic mass is 10.1. The SMILES string of the molecule is C[C@H]1CNCCN1C(=O)c1ccc(NC(=O)c2ccccc2)cc1.Cl. The van der Waals surface area contributed by atoms with Crippen molar-refractivity contribution in [2.75, 3.05) is 25.0 Å². The molecule has 1 fully saturated rings. The molecule has 1 heterocycles. The number of hydrogen-bond donors (Lipinski definition) is 2. The second kappa shape index (κ2) is 8.65. The summed E-state index contributed by atoms with van der Waals surface area (Å²) < 4.78 is 0. The molecule has 2 amide bonds. The van der Waals surface area contributed by atoms with E-state index in [1.807, 2.05) is 30.0 Å². The minimum atomic E-state index is -0.162. The first-order valence-electron chi connectivity index (χ1n) is 8.13. The van der Waals surface area contributed by atoms with Crippen LogP contribution in [0.4, 0.5) is 5.69 Å². The molecule has 0 aromatic heterocycles. The Balaban J connectivity index is 0.00000225. The van der Waals surface area contributed by atoms with E-state index < -0.39 is 0 Å². The maximum atomic E-state index is 12.6. The molecular formula is C19H22ClN3O2. The quantitative estimate of drug-likeness (QED) is 0.885. The predicted octanol–water partition coefficient (Wildman–Crippen LogP) is 2.79. The molecule has 1 atom stereocenters. The van der Waals surface area contributed by atoms with Gasteiger partial charge in [-0.15, -0.1) is 12.4 Å². The number of amides is 2. The Morgan fingerprint density at radius 3 is 2.36 bits per heavy atom. The number of nitrogens with one attached hydrogen (secondary N) is 2. The first-order chi connectivity index (χ1) is 11.6. The molecule has 0 spiro atoms. The van der Waals surface area contributed by atoms with Crippen molar-refractivity contribution >= 4 is 29.9 Å². The van der Waals surface area contributed by atoms with E-state index in [0.29, 0.717) is 23.4 Å². The third-order valence-corrected chi connectivity index (χ3v) is 4.19. The van der Waals surface area contributed by atoms with Gasteiger partial charge in [-0.3, -0.25) is 9.59 Å². The summed E-state index contributed by atoms with van der Waals surface area (Å²) in [6.45, 7) is 4.39. The molecule has 0 radical (unpaired) electrons. The highest BCUT2D eigenvalue weighted by atomic mass is 35.5. The highest BCUT2D eigenvalue weighted by Gasteiger charge is 2.23. The highest BCUT2D eigenvalue weighted by molar-refractivity contribution is 6.04. The van der Waals surface area contributed by atoms with E-state index in [2.05, 4.69) is 10.6 Å². The van der Waals surface area contributed by atoms with Gasteiger partial charge in [-0.05, 0) is 43.3 Å². The third kappa shape index (κ3) is 4.59. The number of carbonyl (C=O) groups excluding carboxylic acids is 2. The monoisotopic (exact) mass is 359 g/mol. The van der Waals surface area contributed by atoms with Crippen LogP contribution in [-0.2, 0) is 0 Å². The fourth-order valence-electron chi connectivity index (χ4n) is 2.80. The molecule has 2 N–H and O–H groups in total. The van der Waals surface area contributed by atoms with Crippen LogP contribution in [0.2, 0.25) is 0 Å². The number of halogens is 1. The summed E-state index contributed by atoms with van der Waals surface area (Å²) in [6.07, 6.45) is 0. The topological polar surface area (TPSA) is 61.4 Å². The van der Waals surface area contributed by atoms with E-state index in [4.69, 9.17) is 0 Å². The van der Waals surface area contributed by atoms with Crippen molar-refractivity contribution in [2.45, 2.75) is 13.0 Å². The Morgan fingerprint density at radius 2 is 1.72 bits per heavy atom. The van der Waals surface area contributed by atoms with Crippen molar-refractivity contribution in [2.24, 2.45) is 0 Å². The Labute approximate surface area is 153 Å². The first-order valence-corrected chi connectivity index (χ1v) is 8.13. The van der Waals surface area contributed by atoms with Crippen molar-refractivity contribution in [3.05, 3.63) is 65.7 Å². The number of hydrogen-bond acceptors (Lipinski definition) is 3. The Bertz CT molecular complexity index is 719. The van der Waals surface area contributed by atoms with Gasteiger partial charge in [0.1, 0.15) is 0 Å². The highest BCUT2D eigenvalue weighted by Crippen LogP contribution is 2.15. The molecule has 3 rings (SSSR count). The molecule has 25 heavy (non-hydrogen) atoms. The van der Waals surface area contributed by atoms with Gasteiger partial charge in [0.15, 0.2) is 0 Å². The average molecular weight is 360 g/mol. The summed E-state index contributed by atoms with van der Waals surface area (Å²) >= 11 is 0. The molecule has 2 aromatic carbocycles. The van der Waals surface area contributed by atoms with E-state index >= 15 is 0 Å². The van der Waals surface area contributed by atoms with Crippen LogP contribution in [0.3, 0.4) is 0 Å². The van der Waals surface area contributed by atoms with E-state index in [0.717, 1.165) is 13.1 Å². The van der Waals surface area contributed by atoms with Crippen LogP contribution in [-0.4, -0.2) is 42.4 Å². The first kappa shape index (κ1) is 19.0. The Hall–Kier alpha value is -2.37. The second-order valence-electron chi connectivity index (χ2n) is 5.95. The zero-order valence-electron chi connectivity index (χ0n) is 14.1. The number of anilines is 1. The molecule has 132 valence electrons. The van der Waals surface area contributed by atoms with E-state index in [1.165, 1.54) is 0 Å². The van der Waals surface area contributed by atoms with E-state index in [1.54, 1.807) is 36.4 Å². The maximum absolute atomic E-state index is 12.6.